The zero-order valence-corrected chi connectivity index (χ0v) is 8.78. The third-order valence-electron chi connectivity index (χ3n) is 2.34. The van der Waals surface area contributed by atoms with Crippen LogP contribution in [0.15, 0.2) is 18.2 Å². The van der Waals surface area contributed by atoms with Crippen molar-refractivity contribution in [1.82, 2.24) is 4.90 Å². The van der Waals surface area contributed by atoms with Crippen molar-refractivity contribution in [2.75, 3.05) is 13.1 Å². The zero-order chi connectivity index (χ0) is 9.26. The average molecular weight is 216 g/mol. The van der Waals surface area contributed by atoms with E-state index in [9.17, 15) is 0 Å². The Bertz CT molecular complexity index is 308. The molecule has 1 aliphatic rings. The van der Waals surface area contributed by atoms with E-state index in [1.54, 1.807) is 0 Å². The fourth-order valence-electron chi connectivity index (χ4n) is 1.44. The molecule has 1 aromatic rings. The first-order valence-electron chi connectivity index (χ1n) is 4.42. The Labute approximate surface area is 88.3 Å². The second-order valence-electron chi connectivity index (χ2n) is 3.38. The molecule has 0 spiro atoms. The van der Waals surface area contributed by atoms with Crippen molar-refractivity contribution >= 4 is 23.2 Å². The summed E-state index contributed by atoms with van der Waals surface area (Å²) in [7, 11) is 0. The van der Waals surface area contributed by atoms with E-state index in [4.69, 9.17) is 23.2 Å². The van der Waals surface area contributed by atoms with Crippen molar-refractivity contribution in [2.24, 2.45) is 0 Å². The van der Waals surface area contributed by atoms with Gasteiger partial charge >= 0.3 is 0 Å². The lowest BCUT2D eigenvalue weighted by Gasteiger charge is -2.30. The standard InChI is InChI=1S/C10H11Cl2N/c11-9-3-2-8(6-10(9)12)7-13-4-1-5-13/h2-3,6H,1,4-5,7H2. The number of nitrogens with zero attached hydrogens (tertiary/aromatic N) is 1. The normalized spacial score (nSPS) is 17.1. The second-order valence-corrected chi connectivity index (χ2v) is 4.19. The summed E-state index contributed by atoms with van der Waals surface area (Å²) in [5, 5.41) is 1.29. The quantitative estimate of drug-likeness (QED) is 0.733. The molecular formula is C10H11Cl2N. The molecular weight excluding hydrogens is 205 g/mol. The molecule has 1 fully saturated rings. The molecule has 2 rings (SSSR count). The van der Waals surface area contributed by atoms with Crippen LogP contribution in [0.25, 0.3) is 0 Å². The number of rotatable bonds is 2. The summed E-state index contributed by atoms with van der Waals surface area (Å²) in [5.41, 5.74) is 1.24. The van der Waals surface area contributed by atoms with E-state index in [1.807, 2.05) is 18.2 Å². The Morgan fingerprint density at radius 2 is 1.92 bits per heavy atom. The Kier molecular flexibility index (Phi) is 2.77. The van der Waals surface area contributed by atoms with E-state index < -0.39 is 0 Å². The third kappa shape index (κ3) is 2.16. The predicted molar refractivity (Wildman–Crippen MR) is 56.4 cm³/mol. The maximum atomic E-state index is 5.91. The van der Waals surface area contributed by atoms with Crippen LogP contribution in [0.1, 0.15) is 12.0 Å². The van der Waals surface area contributed by atoms with Crippen LogP contribution >= 0.6 is 23.2 Å². The van der Waals surface area contributed by atoms with Crippen molar-refractivity contribution < 1.29 is 0 Å². The molecule has 1 saturated heterocycles. The molecule has 0 amide bonds. The van der Waals surface area contributed by atoms with Gasteiger partial charge in [-0.2, -0.15) is 0 Å². The predicted octanol–water partition coefficient (Wildman–Crippen LogP) is 3.20. The summed E-state index contributed by atoms with van der Waals surface area (Å²) < 4.78 is 0. The Balaban J connectivity index is 2.07. The third-order valence-corrected chi connectivity index (χ3v) is 3.08. The molecule has 0 aromatic heterocycles. The molecule has 3 heteroatoms. The lowest BCUT2D eigenvalue weighted by atomic mass is 10.1. The molecule has 70 valence electrons. The highest BCUT2D eigenvalue weighted by Crippen LogP contribution is 2.23. The summed E-state index contributed by atoms with van der Waals surface area (Å²) in [4.78, 5) is 2.39. The zero-order valence-electron chi connectivity index (χ0n) is 7.26. The van der Waals surface area contributed by atoms with Gasteiger partial charge in [0.05, 0.1) is 10.0 Å². The van der Waals surface area contributed by atoms with E-state index in [0.29, 0.717) is 10.0 Å². The summed E-state index contributed by atoms with van der Waals surface area (Å²) in [6, 6.07) is 5.84. The number of halogens is 2. The smallest absolute Gasteiger partial charge is 0.0595 e. The average Bonchev–Trinajstić information content (AvgIpc) is 2.04. The summed E-state index contributed by atoms with van der Waals surface area (Å²) in [6.45, 7) is 3.41. The van der Waals surface area contributed by atoms with E-state index in [0.717, 1.165) is 6.54 Å². The van der Waals surface area contributed by atoms with Gasteiger partial charge in [0.15, 0.2) is 0 Å². The first-order chi connectivity index (χ1) is 6.25. The van der Waals surface area contributed by atoms with Crippen LogP contribution in [0.2, 0.25) is 10.0 Å². The van der Waals surface area contributed by atoms with Gasteiger partial charge in [-0.3, -0.25) is 4.90 Å². The fourth-order valence-corrected chi connectivity index (χ4v) is 1.76. The molecule has 0 saturated carbocycles. The Morgan fingerprint density at radius 1 is 1.15 bits per heavy atom. The van der Waals surface area contributed by atoms with Crippen molar-refractivity contribution in [3.8, 4) is 0 Å². The van der Waals surface area contributed by atoms with Gasteiger partial charge in [-0.05, 0) is 37.2 Å². The minimum atomic E-state index is 0.633. The highest BCUT2D eigenvalue weighted by molar-refractivity contribution is 6.42. The molecule has 13 heavy (non-hydrogen) atoms. The maximum absolute atomic E-state index is 5.91. The topological polar surface area (TPSA) is 3.24 Å². The molecule has 1 heterocycles. The van der Waals surface area contributed by atoms with Crippen molar-refractivity contribution in [3.63, 3.8) is 0 Å². The number of hydrogen-bond donors (Lipinski definition) is 0. The lowest BCUT2D eigenvalue weighted by molar-refractivity contribution is 0.172. The molecule has 1 aromatic carbocycles. The monoisotopic (exact) mass is 215 g/mol. The van der Waals surface area contributed by atoms with Crippen molar-refractivity contribution in [2.45, 2.75) is 13.0 Å². The maximum Gasteiger partial charge on any atom is 0.0595 e. The van der Waals surface area contributed by atoms with E-state index >= 15 is 0 Å². The minimum absolute atomic E-state index is 0.633. The Hall–Kier alpha value is -0.240. The molecule has 0 aliphatic carbocycles. The van der Waals surface area contributed by atoms with Gasteiger partial charge < -0.3 is 0 Å². The molecule has 0 bridgehead atoms. The van der Waals surface area contributed by atoms with Gasteiger partial charge in [-0.15, -0.1) is 0 Å². The van der Waals surface area contributed by atoms with Crippen LogP contribution in [-0.2, 0) is 6.54 Å². The molecule has 0 unspecified atom stereocenters. The van der Waals surface area contributed by atoms with E-state index in [1.165, 1.54) is 25.1 Å². The summed E-state index contributed by atoms with van der Waals surface area (Å²) in [6.07, 6.45) is 1.32. The van der Waals surface area contributed by atoms with Crippen LogP contribution < -0.4 is 0 Å². The number of likely N-dealkylation sites (tertiary alicyclic amines) is 1. The van der Waals surface area contributed by atoms with Crippen LogP contribution in [0.5, 0.6) is 0 Å². The van der Waals surface area contributed by atoms with Gasteiger partial charge in [0.25, 0.3) is 0 Å². The second kappa shape index (κ2) is 3.87. The highest BCUT2D eigenvalue weighted by atomic mass is 35.5. The minimum Gasteiger partial charge on any atom is -0.299 e. The molecule has 0 radical (unpaired) electrons. The van der Waals surface area contributed by atoms with Crippen molar-refractivity contribution in [1.29, 1.82) is 0 Å². The van der Waals surface area contributed by atoms with E-state index in [-0.39, 0.29) is 0 Å². The molecule has 1 nitrogen and oxygen atoms in total. The van der Waals surface area contributed by atoms with Crippen LogP contribution in [0.3, 0.4) is 0 Å². The first-order valence-corrected chi connectivity index (χ1v) is 5.17. The lowest BCUT2D eigenvalue weighted by Crippen LogP contribution is -2.36. The van der Waals surface area contributed by atoms with Gasteiger partial charge in [-0.25, -0.2) is 0 Å². The Morgan fingerprint density at radius 3 is 2.46 bits per heavy atom. The summed E-state index contributed by atoms with van der Waals surface area (Å²) in [5.74, 6) is 0. The van der Waals surface area contributed by atoms with Crippen molar-refractivity contribution in [3.05, 3.63) is 33.8 Å². The molecule has 1 aliphatic heterocycles. The number of hydrogen-bond acceptors (Lipinski definition) is 1. The van der Waals surface area contributed by atoms with Gasteiger partial charge in [0.1, 0.15) is 0 Å². The van der Waals surface area contributed by atoms with Gasteiger partial charge in [0, 0.05) is 6.54 Å². The summed E-state index contributed by atoms with van der Waals surface area (Å²) >= 11 is 11.7. The van der Waals surface area contributed by atoms with Gasteiger partial charge in [0.2, 0.25) is 0 Å². The number of benzene rings is 1. The SMILES string of the molecule is Clc1ccc(CN2CCC2)cc1Cl. The fraction of sp³-hybridized carbons (Fsp3) is 0.400. The van der Waals surface area contributed by atoms with Crippen LogP contribution in [0, 0.1) is 0 Å². The first kappa shape index (κ1) is 9.32. The molecule has 0 atom stereocenters. The largest absolute Gasteiger partial charge is 0.299 e. The van der Waals surface area contributed by atoms with Crippen LogP contribution in [-0.4, -0.2) is 18.0 Å². The van der Waals surface area contributed by atoms with Gasteiger partial charge in [-0.1, -0.05) is 29.3 Å². The molecule has 0 N–H and O–H groups in total. The van der Waals surface area contributed by atoms with E-state index in [2.05, 4.69) is 4.90 Å². The van der Waals surface area contributed by atoms with Crippen LogP contribution in [0.4, 0.5) is 0 Å². The highest BCUT2D eigenvalue weighted by Gasteiger charge is 2.13.